The number of anilines is 1. The maximum absolute atomic E-state index is 13.8. The van der Waals surface area contributed by atoms with Crippen LogP contribution in [0.25, 0.3) is 0 Å². The molecule has 0 bridgehead atoms. The van der Waals surface area contributed by atoms with Gasteiger partial charge in [-0.05, 0) is 37.0 Å². The molecule has 0 saturated heterocycles. The van der Waals surface area contributed by atoms with Crippen molar-refractivity contribution in [3.8, 4) is 5.75 Å². The van der Waals surface area contributed by atoms with Gasteiger partial charge in [-0.3, -0.25) is 9.48 Å². The number of nitrogens with zero attached hydrogens (tertiary/aromatic N) is 3. The summed E-state index contributed by atoms with van der Waals surface area (Å²) in [6.07, 6.45) is 6.10. The number of amides is 1. The second-order valence-electron chi connectivity index (χ2n) is 7.02. The lowest BCUT2D eigenvalue weighted by Gasteiger charge is -2.15. The zero-order chi connectivity index (χ0) is 19.7. The molecule has 1 aliphatic carbocycles. The fourth-order valence-corrected chi connectivity index (χ4v) is 3.55. The van der Waals surface area contributed by atoms with Gasteiger partial charge in [-0.15, -0.1) is 0 Å². The SMILES string of the molecule is COc1ccc(Cn2cc(NC(=O)c3noc4c3CCCC4C)cn2)cc1F. The number of carbonyl (C=O) groups is 1. The molecule has 0 fully saturated rings. The molecule has 7 nitrogen and oxygen atoms in total. The first-order chi connectivity index (χ1) is 13.5. The quantitative estimate of drug-likeness (QED) is 0.724. The van der Waals surface area contributed by atoms with Crippen LogP contribution >= 0.6 is 0 Å². The molecule has 146 valence electrons. The summed E-state index contributed by atoms with van der Waals surface area (Å²) in [6, 6.07) is 4.75. The van der Waals surface area contributed by atoms with Crippen LogP contribution in [0.2, 0.25) is 0 Å². The maximum atomic E-state index is 13.8. The van der Waals surface area contributed by atoms with Crippen LogP contribution in [0.1, 0.15) is 53.1 Å². The summed E-state index contributed by atoms with van der Waals surface area (Å²) in [6.45, 7) is 2.45. The van der Waals surface area contributed by atoms with Gasteiger partial charge in [0.1, 0.15) is 5.76 Å². The van der Waals surface area contributed by atoms with Crippen molar-refractivity contribution in [3.63, 3.8) is 0 Å². The van der Waals surface area contributed by atoms with Crippen molar-refractivity contribution in [2.24, 2.45) is 0 Å². The van der Waals surface area contributed by atoms with E-state index in [1.807, 2.05) is 0 Å². The van der Waals surface area contributed by atoms with Crippen LogP contribution in [0.15, 0.2) is 35.1 Å². The highest BCUT2D eigenvalue weighted by molar-refractivity contribution is 6.03. The van der Waals surface area contributed by atoms with E-state index < -0.39 is 5.82 Å². The summed E-state index contributed by atoms with van der Waals surface area (Å²) in [5.74, 6) is 0.557. The number of nitrogens with one attached hydrogen (secondary N) is 1. The van der Waals surface area contributed by atoms with Crippen LogP contribution in [-0.2, 0) is 13.0 Å². The number of rotatable bonds is 5. The predicted octanol–water partition coefficient (Wildman–Crippen LogP) is 3.76. The van der Waals surface area contributed by atoms with E-state index in [0.717, 1.165) is 36.1 Å². The average Bonchev–Trinajstić information content (AvgIpc) is 3.29. The molecule has 1 aromatic carbocycles. The first-order valence-electron chi connectivity index (χ1n) is 9.20. The highest BCUT2D eigenvalue weighted by Gasteiger charge is 2.28. The largest absolute Gasteiger partial charge is 0.494 e. The first kappa shape index (κ1) is 18.2. The first-order valence-corrected chi connectivity index (χ1v) is 9.20. The van der Waals surface area contributed by atoms with E-state index in [4.69, 9.17) is 9.26 Å². The molecule has 2 heterocycles. The van der Waals surface area contributed by atoms with E-state index in [9.17, 15) is 9.18 Å². The van der Waals surface area contributed by atoms with Gasteiger partial charge < -0.3 is 14.6 Å². The molecule has 0 radical (unpaired) electrons. The molecule has 3 aromatic rings. The standard InChI is InChI=1S/C20H21FN4O3/c1-12-4-3-5-15-18(24-28-19(12)15)20(26)23-14-9-22-25(11-14)10-13-6-7-17(27-2)16(21)8-13/h6-9,11-12H,3-5,10H2,1-2H3,(H,23,26). The second-order valence-corrected chi connectivity index (χ2v) is 7.02. The average molecular weight is 384 g/mol. The van der Waals surface area contributed by atoms with E-state index in [1.165, 1.54) is 13.2 Å². The molecule has 4 rings (SSSR count). The Morgan fingerprint density at radius 2 is 2.32 bits per heavy atom. The van der Waals surface area contributed by atoms with Gasteiger partial charge in [-0.1, -0.05) is 18.1 Å². The molecule has 0 spiro atoms. The van der Waals surface area contributed by atoms with E-state index >= 15 is 0 Å². The van der Waals surface area contributed by atoms with Gasteiger partial charge in [-0.25, -0.2) is 4.39 Å². The molecular formula is C20H21FN4O3. The van der Waals surface area contributed by atoms with Gasteiger partial charge in [0.15, 0.2) is 17.3 Å². The Morgan fingerprint density at radius 3 is 3.11 bits per heavy atom. The summed E-state index contributed by atoms with van der Waals surface area (Å²) in [4.78, 5) is 12.6. The molecule has 2 aromatic heterocycles. The number of aromatic nitrogens is 3. The smallest absolute Gasteiger partial charge is 0.278 e. The van der Waals surface area contributed by atoms with Crippen molar-refractivity contribution in [1.82, 2.24) is 14.9 Å². The maximum Gasteiger partial charge on any atom is 0.278 e. The molecule has 1 N–H and O–H groups in total. The second kappa shape index (κ2) is 7.46. The van der Waals surface area contributed by atoms with Crippen molar-refractivity contribution in [2.75, 3.05) is 12.4 Å². The molecule has 8 heteroatoms. The molecule has 0 saturated carbocycles. The van der Waals surface area contributed by atoms with E-state index in [0.29, 0.717) is 17.9 Å². The summed E-state index contributed by atoms with van der Waals surface area (Å²) in [5, 5.41) is 11.0. The van der Waals surface area contributed by atoms with Crippen molar-refractivity contribution in [2.45, 2.75) is 38.6 Å². The third kappa shape index (κ3) is 3.49. The van der Waals surface area contributed by atoms with Crippen LogP contribution in [-0.4, -0.2) is 28.0 Å². The lowest BCUT2D eigenvalue weighted by molar-refractivity contribution is 0.101. The van der Waals surface area contributed by atoms with Crippen molar-refractivity contribution >= 4 is 11.6 Å². The van der Waals surface area contributed by atoms with Gasteiger partial charge in [0.05, 0.1) is 25.5 Å². The van der Waals surface area contributed by atoms with Crippen LogP contribution < -0.4 is 10.1 Å². The topological polar surface area (TPSA) is 82.2 Å². The van der Waals surface area contributed by atoms with E-state index in [2.05, 4.69) is 22.5 Å². The molecule has 1 amide bonds. The lowest BCUT2D eigenvalue weighted by Crippen LogP contribution is -2.16. The summed E-state index contributed by atoms with van der Waals surface area (Å²) < 4.78 is 25.8. The van der Waals surface area contributed by atoms with Crippen LogP contribution in [0.3, 0.4) is 0 Å². The van der Waals surface area contributed by atoms with Crippen LogP contribution in [0.5, 0.6) is 5.75 Å². The van der Waals surface area contributed by atoms with Crippen molar-refractivity contribution in [1.29, 1.82) is 0 Å². The molecule has 1 atom stereocenters. The van der Waals surface area contributed by atoms with Gasteiger partial charge in [0, 0.05) is 17.7 Å². The number of halogens is 1. The normalized spacial score (nSPS) is 15.9. The van der Waals surface area contributed by atoms with E-state index in [-0.39, 0.29) is 17.6 Å². The summed E-state index contributed by atoms with van der Waals surface area (Å²) in [7, 11) is 1.42. The van der Waals surface area contributed by atoms with Gasteiger partial charge in [0.2, 0.25) is 0 Å². The Balaban J connectivity index is 1.45. The molecule has 0 aliphatic heterocycles. The molecule has 1 unspecified atom stereocenters. The van der Waals surface area contributed by atoms with Gasteiger partial charge >= 0.3 is 0 Å². The van der Waals surface area contributed by atoms with Crippen molar-refractivity contribution < 1.29 is 18.4 Å². The predicted molar refractivity (Wildman–Crippen MR) is 100 cm³/mol. The number of hydrogen-bond donors (Lipinski definition) is 1. The molecule has 1 aliphatic rings. The van der Waals surface area contributed by atoms with Gasteiger partial charge in [-0.2, -0.15) is 5.10 Å². The van der Waals surface area contributed by atoms with Gasteiger partial charge in [0.25, 0.3) is 5.91 Å². The third-order valence-corrected chi connectivity index (χ3v) is 5.00. The Bertz CT molecular complexity index is 1010. The number of hydrogen-bond acceptors (Lipinski definition) is 5. The number of methoxy groups -OCH3 is 1. The Labute approximate surface area is 161 Å². The number of ether oxygens (including phenoxy) is 1. The number of benzene rings is 1. The highest BCUT2D eigenvalue weighted by atomic mass is 19.1. The fourth-order valence-electron chi connectivity index (χ4n) is 3.55. The number of fused-ring (bicyclic) bond motifs is 1. The Hall–Kier alpha value is -3.16. The highest BCUT2D eigenvalue weighted by Crippen LogP contribution is 2.33. The minimum Gasteiger partial charge on any atom is -0.494 e. The fraction of sp³-hybridized carbons (Fsp3) is 0.350. The Kier molecular flexibility index (Phi) is 4.85. The van der Waals surface area contributed by atoms with E-state index in [1.54, 1.807) is 29.2 Å². The Morgan fingerprint density at radius 1 is 1.46 bits per heavy atom. The minimum atomic E-state index is -0.425. The van der Waals surface area contributed by atoms with Crippen molar-refractivity contribution in [3.05, 3.63) is 59.0 Å². The lowest BCUT2D eigenvalue weighted by atomic mass is 9.88. The van der Waals surface area contributed by atoms with Crippen LogP contribution in [0.4, 0.5) is 10.1 Å². The molecule has 28 heavy (non-hydrogen) atoms. The third-order valence-electron chi connectivity index (χ3n) is 5.00. The zero-order valence-electron chi connectivity index (χ0n) is 15.7. The monoisotopic (exact) mass is 384 g/mol. The summed E-state index contributed by atoms with van der Waals surface area (Å²) >= 11 is 0. The molecular weight excluding hydrogens is 363 g/mol. The zero-order valence-corrected chi connectivity index (χ0v) is 15.7. The summed E-state index contributed by atoms with van der Waals surface area (Å²) in [5.41, 5.74) is 2.52. The van der Waals surface area contributed by atoms with Crippen LogP contribution in [0, 0.1) is 5.82 Å². The number of carbonyl (C=O) groups excluding carboxylic acids is 1. The minimum absolute atomic E-state index is 0.197.